The molecule has 6 rings (SSSR count). The molecule has 2 atom stereocenters. The number of alkyl halides is 3. The van der Waals surface area contributed by atoms with Gasteiger partial charge in [0.05, 0.1) is 16.5 Å². The van der Waals surface area contributed by atoms with Gasteiger partial charge in [0.2, 0.25) is 0 Å². The topological polar surface area (TPSA) is 116 Å². The maximum atomic E-state index is 13.9. The SMILES string of the molecule is CC(C)(C#Cc1ccccc1)Oc1cc(C(=O)OC23CC4CC(C2)CC(C(=O)OCCS(=O)(=O)O)(C4)C3)ccc1C(F)(F)F. The van der Waals surface area contributed by atoms with E-state index in [0.717, 1.165) is 24.6 Å². The molecule has 4 aliphatic carbocycles. The number of carbonyl (C=O) groups is 2. The molecule has 12 heteroatoms. The molecule has 2 aromatic rings. The third-order valence-corrected chi connectivity index (χ3v) is 9.18. The highest BCUT2D eigenvalue weighted by molar-refractivity contribution is 7.85. The summed E-state index contributed by atoms with van der Waals surface area (Å²) in [5.74, 6) is 3.13. The monoisotopic (exact) mass is 634 g/mol. The van der Waals surface area contributed by atoms with Crippen LogP contribution >= 0.6 is 0 Å². The zero-order valence-corrected chi connectivity index (χ0v) is 25.1. The van der Waals surface area contributed by atoms with Crippen LogP contribution in [0.2, 0.25) is 0 Å². The van der Waals surface area contributed by atoms with Crippen molar-refractivity contribution < 1.29 is 49.9 Å². The first-order valence-electron chi connectivity index (χ1n) is 14.3. The molecule has 0 amide bonds. The lowest BCUT2D eigenvalue weighted by Gasteiger charge is -2.59. The van der Waals surface area contributed by atoms with Crippen LogP contribution in [0.1, 0.15) is 73.9 Å². The molecule has 0 heterocycles. The molecule has 44 heavy (non-hydrogen) atoms. The molecule has 2 aromatic carbocycles. The number of carbonyl (C=O) groups excluding carboxylic acids is 2. The van der Waals surface area contributed by atoms with Crippen molar-refractivity contribution in [3.63, 3.8) is 0 Å². The number of hydrogen-bond donors (Lipinski definition) is 1. The van der Waals surface area contributed by atoms with Crippen LogP contribution < -0.4 is 4.74 Å². The van der Waals surface area contributed by atoms with Gasteiger partial charge in [-0.2, -0.15) is 21.6 Å². The van der Waals surface area contributed by atoms with Gasteiger partial charge < -0.3 is 14.2 Å². The number of rotatable bonds is 8. The lowest BCUT2D eigenvalue weighted by molar-refractivity contribution is -0.196. The van der Waals surface area contributed by atoms with Crippen molar-refractivity contribution in [3.05, 3.63) is 65.2 Å². The van der Waals surface area contributed by atoms with Gasteiger partial charge in [-0.25, -0.2) is 4.79 Å². The van der Waals surface area contributed by atoms with Gasteiger partial charge in [0.15, 0.2) is 5.60 Å². The van der Waals surface area contributed by atoms with Crippen LogP contribution in [0, 0.1) is 29.1 Å². The van der Waals surface area contributed by atoms with Gasteiger partial charge in [0.1, 0.15) is 23.7 Å². The molecule has 8 nitrogen and oxygen atoms in total. The molecule has 0 aromatic heterocycles. The van der Waals surface area contributed by atoms with Crippen molar-refractivity contribution in [2.75, 3.05) is 12.4 Å². The predicted octanol–water partition coefficient (Wildman–Crippen LogP) is 5.84. The highest BCUT2D eigenvalue weighted by Crippen LogP contribution is 2.63. The van der Waals surface area contributed by atoms with Crippen molar-refractivity contribution in [1.82, 2.24) is 0 Å². The Balaban J connectivity index is 1.36. The normalized spacial score (nSPS) is 26.0. The van der Waals surface area contributed by atoms with Gasteiger partial charge in [0.25, 0.3) is 10.1 Å². The van der Waals surface area contributed by atoms with Gasteiger partial charge in [0, 0.05) is 12.0 Å². The zero-order chi connectivity index (χ0) is 32.0. The Hall–Kier alpha value is -3.56. The molecular weight excluding hydrogens is 601 g/mol. The zero-order valence-electron chi connectivity index (χ0n) is 24.3. The van der Waals surface area contributed by atoms with Crippen molar-refractivity contribution in [2.45, 2.75) is 69.8 Å². The fourth-order valence-electron chi connectivity index (χ4n) is 7.20. The third kappa shape index (κ3) is 7.21. The molecule has 0 spiro atoms. The van der Waals surface area contributed by atoms with E-state index in [1.807, 2.05) is 6.07 Å². The van der Waals surface area contributed by atoms with Crippen LogP contribution in [0.25, 0.3) is 0 Å². The minimum atomic E-state index is -4.76. The summed E-state index contributed by atoms with van der Waals surface area (Å²) in [7, 11) is -4.31. The fraction of sp³-hybridized carbons (Fsp3) is 0.500. The van der Waals surface area contributed by atoms with Crippen LogP contribution in [0.3, 0.4) is 0 Å². The molecule has 0 radical (unpaired) electrons. The Bertz CT molecular complexity index is 1590. The van der Waals surface area contributed by atoms with Crippen LogP contribution in [0.4, 0.5) is 13.2 Å². The molecule has 236 valence electrons. The second kappa shape index (κ2) is 11.4. The summed E-state index contributed by atoms with van der Waals surface area (Å²) in [6, 6.07) is 11.7. The Labute approximate surface area is 254 Å². The average molecular weight is 635 g/mol. The molecule has 4 bridgehead atoms. The maximum Gasteiger partial charge on any atom is 0.419 e. The smallest absolute Gasteiger partial charge is 0.419 e. The van der Waals surface area contributed by atoms with E-state index in [9.17, 15) is 31.2 Å². The predicted molar refractivity (Wildman–Crippen MR) is 152 cm³/mol. The van der Waals surface area contributed by atoms with Crippen molar-refractivity contribution >= 4 is 22.1 Å². The van der Waals surface area contributed by atoms with E-state index in [4.69, 9.17) is 18.8 Å². The van der Waals surface area contributed by atoms with Crippen molar-refractivity contribution in [2.24, 2.45) is 17.3 Å². The first-order chi connectivity index (χ1) is 20.5. The van der Waals surface area contributed by atoms with E-state index >= 15 is 0 Å². The van der Waals surface area contributed by atoms with Crippen LogP contribution in [0.5, 0.6) is 5.75 Å². The molecule has 0 aliphatic heterocycles. The summed E-state index contributed by atoms with van der Waals surface area (Å²) in [6.07, 6.45) is -1.74. The summed E-state index contributed by atoms with van der Waals surface area (Å²) >= 11 is 0. The van der Waals surface area contributed by atoms with E-state index < -0.39 is 68.5 Å². The summed E-state index contributed by atoms with van der Waals surface area (Å²) in [5, 5.41) is 0. The number of esters is 2. The standard InChI is InChI=1S/C32H33F3O8S/c1-29(2,11-10-21-6-4-3-5-7-21)42-26-15-24(8-9-25(26)32(33,34)35)27(36)43-31-18-22-14-23(19-31)17-30(16-22,20-31)28(37)41-12-13-44(38,39)40/h3-9,15,22-23H,12-14,16-20H2,1-2H3,(H,38,39,40). The first-order valence-corrected chi connectivity index (χ1v) is 15.9. The second-order valence-corrected chi connectivity index (χ2v) is 14.2. The third-order valence-electron chi connectivity index (χ3n) is 8.49. The van der Waals surface area contributed by atoms with Gasteiger partial charge in [-0.1, -0.05) is 30.0 Å². The van der Waals surface area contributed by atoms with Gasteiger partial charge >= 0.3 is 18.1 Å². The summed E-state index contributed by atoms with van der Waals surface area (Å²) in [6.45, 7) is 2.55. The van der Waals surface area contributed by atoms with E-state index in [1.54, 1.807) is 24.3 Å². The summed E-state index contributed by atoms with van der Waals surface area (Å²) in [5.41, 5.74) is -3.88. The molecule has 1 N–H and O–H groups in total. The van der Waals surface area contributed by atoms with Gasteiger partial charge in [-0.15, -0.1) is 0 Å². The second-order valence-electron chi connectivity index (χ2n) is 12.7. The van der Waals surface area contributed by atoms with Gasteiger partial charge in [-0.05, 0) is 88.1 Å². The van der Waals surface area contributed by atoms with Crippen LogP contribution in [-0.2, 0) is 30.6 Å². The minimum Gasteiger partial charge on any atom is -0.475 e. The first kappa shape index (κ1) is 31.9. The maximum absolute atomic E-state index is 13.9. The molecule has 4 saturated carbocycles. The molecule has 4 fully saturated rings. The summed E-state index contributed by atoms with van der Waals surface area (Å²) in [4.78, 5) is 26.6. The Morgan fingerprint density at radius 3 is 2.30 bits per heavy atom. The van der Waals surface area contributed by atoms with E-state index in [2.05, 4.69) is 11.8 Å². The molecule has 4 aliphatic rings. The molecule has 2 unspecified atom stereocenters. The summed E-state index contributed by atoms with van der Waals surface area (Å²) < 4.78 is 90.0. The van der Waals surface area contributed by atoms with Crippen LogP contribution in [0.15, 0.2) is 48.5 Å². The molecular formula is C32H33F3O8S. The Morgan fingerprint density at radius 1 is 1.02 bits per heavy atom. The number of halogens is 3. The Kier molecular flexibility index (Phi) is 8.27. The van der Waals surface area contributed by atoms with E-state index in [1.165, 1.54) is 13.8 Å². The average Bonchev–Trinajstić information content (AvgIpc) is 2.90. The van der Waals surface area contributed by atoms with Gasteiger partial charge in [-0.3, -0.25) is 9.35 Å². The largest absolute Gasteiger partial charge is 0.475 e. The fourth-order valence-corrected chi connectivity index (χ4v) is 7.49. The highest BCUT2D eigenvalue weighted by atomic mass is 32.2. The number of hydrogen-bond acceptors (Lipinski definition) is 7. The Morgan fingerprint density at radius 2 is 1.68 bits per heavy atom. The van der Waals surface area contributed by atoms with Crippen molar-refractivity contribution in [1.29, 1.82) is 0 Å². The van der Waals surface area contributed by atoms with E-state index in [-0.39, 0.29) is 23.8 Å². The number of benzene rings is 2. The van der Waals surface area contributed by atoms with Crippen LogP contribution in [-0.4, -0.2) is 48.5 Å². The lowest BCUT2D eigenvalue weighted by atomic mass is 9.48. The van der Waals surface area contributed by atoms with Crippen molar-refractivity contribution in [3.8, 4) is 17.6 Å². The quantitative estimate of drug-likeness (QED) is 0.219. The highest BCUT2D eigenvalue weighted by Gasteiger charge is 2.63. The lowest BCUT2D eigenvalue weighted by Crippen LogP contribution is -2.60. The minimum absolute atomic E-state index is 0.0636. The number of ether oxygens (including phenoxy) is 3. The molecule has 0 saturated heterocycles. The van der Waals surface area contributed by atoms with E-state index in [0.29, 0.717) is 31.2 Å².